The van der Waals surface area contributed by atoms with Crippen LogP contribution in [0.15, 0.2) is 24.3 Å². The number of amides is 1. The van der Waals surface area contributed by atoms with E-state index in [2.05, 4.69) is 10.2 Å². The van der Waals surface area contributed by atoms with Crippen molar-refractivity contribution in [3.63, 3.8) is 0 Å². The minimum atomic E-state index is -0.415. The molecule has 1 amide bonds. The molecule has 1 aromatic carbocycles. The van der Waals surface area contributed by atoms with Crippen LogP contribution in [-0.4, -0.2) is 48.3 Å². The van der Waals surface area contributed by atoms with Gasteiger partial charge < -0.3 is 15.2 Å². The van der Waals surface area contributed by atoms with Crippen LogP contribution in [0, 0.1) is 0 Å². The molecule has 0 aliphatic heterocycles. The quantitative estimate of drug-likeness (QED) is 0.766. The highest BCUT2D eigenvalue weighted by Gasteiger charge is 2.23. The maximum absolute atomic E-state index is 12.3. The summed E-state index contributed by atoms with van der Waals surface area (Å²) in [5, 5.41) is 12.7. The molecular formula is C19H30N2O3. The largest absolute Gasteiger partial charge is 0.497 e. The van der Waals surface area contributed by atoms with Gasteiger partial charge in [-0.15, -0.1) is 0 Å². The highest BCUT2D eigenvalue weighted by molar-refractivity contribution is 5.78. The van der Waals surface area contributed by atoms with Crippen molar-refractivity contribution in [2.45, 2.75) is 57.7 Å². The first-order chi connectivity index (χ1) is 11.6. The minimum absolute atomic E-state index is 0.0111. The predicted octanol–water partition coefficient (Wildman–Crippen LogP) is 2.33. The Morgan fingerprint density at radius 3 is 2.54 bits per heavy atom. The second-order valence-corrected chi connectivity index (χ2v) is 6.70. The third-order valence-corrected chi connectivity index (χ3v) is 4.59. The molecule has 1 aliphatic carbocycles. The lowest BCUT2D eigenvalue weighted by molar-refractivity contribution is -0.123. The van der Waals surface area contributed by atoms with Crippen LogP contribution in [0.5, 0.6) is 5.75 Å². The summed E-state index contributed by atoms with van der Waals surface area (Å²) in [6.07, 6.45) is 5.55. The first-order valence-electron chi connectivity index (χ1n) is 8.90. The third kappa shape index (κ3) is 6.13. The van der Waals surface area contributed by atoms with Gasteiger partial charge in [0.1, 0.15) is 5.75 Å². The Morgan fingerprint density at radius 2 is 1.96 bits per heavy atom. The first-order valence-corrected chi connectivity index (χ1v) is 8.90. The number of benzene rings is 1. The number of aliphatic hydroxyl groups excluding tert-OH is 1. The maximum atomic E-state index is 12.3. The minimum Gasteiger partial charge on any atom is -0.497 e. The van der Waals surface area contributed by atoms with E-state index in [9.17, 15) is 9.90 Å². The SMILES string of the molecule is COc1ccc(CNC(=O)CN(CC(C)O)C2CCCCC2)cc1. The summed E-state index contributed by atoms with van der Waals surface area (Å²) in [4.78, 5) is 14.5. The van der Waals surface area contributed by atoms with Gasteiger partial charge in [-0.3, -0.25) is 9.69 Å². The van der Waals surface area contributed by atoms with Gasteiger partial charge in [-0.05, 0) is 37.5 Å². The fourth-order valence-electron chi connectivity index (χ4n) is 3.31. The van der Waals surface area contributed by atoms with E-state index in [1.54, 1.807) is 14.0 Å². The van der Waals surface area contributed by atoms with Gasteiger partial charge in [0.05, 0.1) is 19.8 Å². The zero-order chi connectivity index (χ0) is 17.4. The highest BCUT2D eigenvalue weighted by Crippen LogP contribution is 2.22. The number of carbonyl (C=O) groups is 1. The third-order valence-electron chi connectivity index (χ3n) is 4.59. The normalized spacial score (nSPS) is 16.8. The fourth-order valence-corrected chi connectivity index (χ4v) is 3.31. The molecular weight excluding hydrogens is 304 g/mol. The molecule has 1 aromatic rings. The van der Waals surface area contributed by atoms with Crippen LogP contribution in [0.4, 0.5) is 0 Å². The molecule has 1 atom stereocenters. The van der Waals surface area contributed by atoms with Gasteiger partial charge in [-0.25, -0.2) is 0 Å². The van der Waals surface area contributed by atoms with Crippen molar-refractivity contribution in [2.24, 2.45) is 0 Å². The molecule has 0 bridgehead atoms. The predicted molar refractivity (Wildman–Crippen MR) is 95.0 cm³/mol. The smallest absolute Gasteiger partial charge is 0.234 e. The molecule has 2 N–H and O–H groups in total. The Bertz CT molecular complexity index is 496. The zero-order valence-corrected chi connectivity index (χ0v) is 14.8. The Hall–Kier alpha value is -1.59. The van der Waals surface area contributed by atoms with E-state index in [4.69, 9.17) is 4.74 Å². The highest BCUT2D eigenvalue weighted by atomic mass is 16.5. The van der Waals surface area contributed by atoms with Crippen molar-refractivity contribution in [2.75, 3.05) is 20.2 Å². The maximum Gasteiger partial charge on any atom is 0.234 e. The monoisotopic (exact) mass is 334 g/mol. The van der Waals surface area contributed by atoms with Crippen molar-refractivity contribution in [3.05, 3.63) is 29.8 Å². The zero-order valence-electron chi connectivity index (χ0n) is 14.8. The molecule has 0 heterocycles. The lowest BCUT2D eigenvalue weighted by Gasteiger charge is -2.34. The van der Waals surface area contributed by atoms with Gasteiger partial charge in [0.2, 0.25) is 5.91 Å². The molecule has 1 aliphatic rings. The summed E-state index contributed by atoms with van der Waals surface area (Å²) < 4.78 is 5.13. The van der Waals surface area contributed by atoms with Crippen LogP contribution in [0.1, 0.15) is 44.6 Å². The molecule has 1 unspecified atom stereocenters. The van der Waals surface area contributed by atoms with Crippen LogP contribution >= 0.6 is 0 Å². The Labute approximate surface area is 145 Å². The van der Waals surface area contributed by atoms with Gasteiger partial charge in [0.25, 0.3) is 0 Å². The number of carbonyl (C=O) groups excluding carboxylic acids is 1. The van der Waals surface area contributed by atoms with Crippen LogP contribution < -0.4 is 10.1 Å². The van der Waals surface area contributed by atoms with E-state index in [1.807, 2.05) is 24.3 Å². The number of nitrogens with one attached hydrogen (secondary N) is 1. The van der Waals surface area contributed by atoms with Crippen molar-refractivity contribution in [3.8, 4) is 5.75 Å². The molecule has 24 heavy (non-hydrogen) atoms. The molecule has 0 saturated heterocycles. The average molecular weight is 334 g/mol. The van der Waals surface area contributed by atoms with E-state index in [0.717, 1.165) is 24.2 Å². The van der Waals surface area contributed by atoms with E-state index in [0.29, 0.717) is 25.7 Å². The van der Waals surface area contributed by atoms with Crippen molar-refractivity contribution < 1.29 is 14.6 Å². The summed E-state index contributed by atoms with van der Waals surface area (Å²) in [7, 11) is 1.64. The molecule has 1 fully saturated rings. The van der Waals surface area contributed by atoms with Gasteiger partial charge in [0, 0.05) is 19.1 Å². The summed E-state index contributed by atoms with van der Waals surface area (Å²) in [6.45, 7) is 3.20. The molecule has 5 heteroatoms. The number of ether oxygens (including phenoxy) is 1. The standard InChI is InChI=1S/C19H30N2O3/c1-15(22)13-21(17-6-4-3-5-7-17)14-19(23)20-12-16-8-10-18(24-2)11-9-16/h8-11,15,17,22H,3-7,12-14H2,1-2H3,(H,20,23). The van der Waals surface area contributed by atoms with E-state index < -0.39 is 6.10 Å². The first kappa shape index (κ1) is 18.7. The van der Waals surface area contributed by atoms with E-state index in [1.165, 1.54) is 19.3 Å². The van der Waals surface area contributed by atoms with Crippen molar-refractivity contribution in [1.82, 2.24) is 10.2 Å². The van der Waals surface area contributed by atoms with Crippen LogP contribution in [0.3, 0.4) is 0 Å². The summed E-state index contributed by atoms with van der Waals surface area (Å²) in [5.41, 5.74) is 1.05. The topological polar surface area (TPSA) is 61.8 Å². The molecule has 0 spiro atoms. The van der Waals surface area contributed by atoms with Crippen LogP contribution in [0.25, 0.3) is 0 Å². The molecule has 2 rings (SSSR count). The molecule has 0 aromatic heterocycles. The number of aliphatic hydroxyl groups is 1. The Morgan fingerprint density at radius 1 is 1.29 bits per heavy atom. The Kier molecular flexibility index (Phi) is 7.53. The molecule has 5 nitrogen and oxygen atoms in total. The number of rotatable bonds is 8. The molecule has 1 saturated carbocycles. The second kappa shape index (κ2) is 9.64. The molecule has 0 radical (unpaired) electrons. The van der Waals surface area contributed by atoms with Gasteiger partial charge in [-0.1, -0.05) is 31.4 Å². The second-order valence-electron chi connectivity index (χ2n) is 6.70. The number of hydrogen-bond donors (Lipinski definition) is 2. The summed E-state index contributed by atoms with van der Waals surface area (Å²) >= 11 is 0. The lowest BCUT2D eigenvalue weighted by atomic mass is 9.94. The lowest BCUT2D eigenvalue weighted by Crippen LogP contribution is -2.46. The van der Waals surface area contributed by atoms with E-state index in [-0.39, 0.29) is 5.91 Å². The van der Waals surface area contributed by atoms with E-state index >= 15 is 0 Å². The average Bonchev–Trinajstić information content (AvgIpc) is 2.60. The molecule has 134 valence electrons. The van der Waals surface area contributed by atoms with Gasteiger partial charge in [0.15, 0.2) is 0 Å². The summed E-state index contributed by atoms with van der Waals surface area (Å²) in [6, 6.07) is 8.11. The Balaban J connectivity index is 1.84. The van der Waals surface area contributed by atoms with Crippen LogP contribution in [-0.2, 0) is 11.3 Å². The number of methoxy groups -OCH3 is 1. The van der Waals surface area contributed by atoms with Gasteiger partial charge >= 0.3 is 0 Å². The fraction of sp³-hybridized carbons (Fsp3) is 0.632. The number of hydrogen-bond acceptors (Lipinski definition) is 4. The number of nitrogens with zero attached hydrogens (tertiary/aromatic N) is 1. The summed E-state index contributed by atoms with van der Waals surface area (Å²) in [5.74, 6) is 0.822. The van der Waals surface area contributed by atoms with Crippen molar-refractivity contribution >= 4 is 5.91 Å². The van der Waals surface area contributed by atoms with Gasteiger partial charge in [-0.2, -0.15) is 0 Å². The van der Waals surface area contributed by atoms with Crippen LogP contribution in [0.2, 0.25) is 0 Å². The van der Waals surface area contributed by atoms with Crippen molar-refractivity contribution in [1.29, 1.82) is 0 Å².